The monoisotopic (exact) mass is 155 g/mol. The SMILES string of the molecule is C=CNC(=NC)C(=C)N.CC. The van der Waals surface area contributed by atoms with Gasteiger partial charge in [0.15, 0.2) is 0 Å². The van der Waals surface area contributed by atoms with Crippen molar-refractivity contribution in [3.63, 3.8) is 0 Å². The van der Waals surface area contributed by atoms with Crippen LogP contribution in [-0.2, 0) is 0 Å². The lowest BCUT2D eigenvalue weighted by atomic mass is 10.4. The third-order valence-corrected chi connectivity index (χ3v) is 0.767. The van der Waals surface area contributed by atoms with Crippen LogP contribution in [0.15, 0.2) is 30.0 Å². The second-order valence-corrected chi connectivity index (χ2v) is 1.45. The van der Waals surface area contributed by atoms with Crippen LogP contribution in [-0.4, -0.2) is 12.9 Å². The number of amidine groups is 1. The number of nitrogens with one attached hydrogen (secondary N) is 1. The number of hydrogen-bond donors (Lipinski definition) is 2. The molecule has 0 rings (SSSR count). The zero-order valence-electron chi connectivity index (χ0n) is 7.52. The zero-order valence-corrected chi connectivity index (χ0v) is 7.52. The Morgan fingerprint density at radius 3 is 2.09 bits per heavy atom. The summed E-state index contributed by atoms with van der Waals surface area (Å²) in [5, 5.41) is 2.72. The van der Waals surface area contributed by atoms with Gasteiger partial charge in [-0.1, -0.05) is 27.0 Å². The first-order valence-corrected chi connectivity index (χ1v) is 3.51. The molecule has 3 nitrogen and oxygen atoms in total. The van der Waals surface area contributed by atoms with Gasteiger partial charge in [0.2, 0.25) is 0 Å². The molecule has 0 heterocycles. The normalized spacial score (nSPS) is 9.18. The Bertz CT molecular complexity index is 147. The van der Waals surface area contributed by atoms with Crippen LogP contribution in [0.3, 0.4) is 0 Å². The van der Waals surface area contributed by atoms with E-state index in [0.29, 0.717) is 11.5 Å². The Kier molecular flexibility index (Phi) is 9.89. The molecule has 0 fully saturated rings. The van der Waals surface area contributed by atoms with Gasteiger partial charge >= 0.3 is 0 Å². The summed E-state index contributed by atoms with van der Waals surface area (Å²) in [6.45, 7) is 10.9. The van der Waals surface area contributed by atoms with Crippen LogP contribution in [0, 0.1) is 0 Å². The predicted octanol–water partition coefficient (Wildman–Crippen LogP) is 1.25. The largest absolute Gasteiger partial charge is 0.396 e. The highest BCUT2D eigenvalue weighted by molar-refractivity contribution is 5.97. The van der Waals surface area contributed by atoms with Gasteiger partial charge < -0.3 is 11.1 Å². The van der Waals surface area contributed by atoms with Gasteiger partial charge in [0.05, 0.1) is 5.70 Å². The zero-order chi connectivity index (χ0) is 9.28. The number of aliphatic imine (C=N–C) groups is 1. The maximum atomic E-state index is 5.30. The van der Waals surface area contributed by atoms with E-state index in [2.05, 4.69) is 23.5 Å². The molecule has 0 aliphatic carbocycles. The van der Waals surface area contributed by atoms with E-state index in [-0.39, 0.29) is 0 Å². The van der Waals surface area contributed by atoms with Crippen molar-refractivity contribution < 1.29 is 0 Å². The van der Waals surface area contributed by atoms with Crippen molar-refractivity contribution in [1.29, 1.82) is 0 Å². The maximum Gasteiger partial charge on any atom is 0.147 e. The molecule has 0 unspecified atom stereocenters. The van der Waals surface area contributed by atoms with E-state index in [1.54, 1.807) is 7.05 Å². The standard InChI is InChI=1S/C6H11N3.C2H6/c1-4-9-6(8-3)5(2)7;1-2/h4H,1-2,7H2,3H3,(H,8,9);1-2H3. The molecule has 0 spiro atoms. The lowest BCUT2D eigenvalue weighted by Crippen LogP contribution is -2.23. The van der Waals surface area contributed by atoms with Crippen molar-refractivity contribution in [1.82, 2.24) is 5.32 Å². The molecule has 0 bridgehead atoms. The van der Waals surface area contributed by atoms with Gasteiger partial charge in [-0.05, 0) is 6.20 Å². The second-order valence-electron chi connectivity index (χ2n) is 1.45. The number of hydrogen-bond acceptors (Lipinski definition) is 2. The Morgan fingerprint density at radius 1 is 1.55 bits per heavy atom. The van der Waals surface area contributed by atoms with Crippen molar-refractivity contribution in [3.05, 3.63) is 25.1 Å². The van der Waals surface area contributed by atoms with Crippen LogP contribution >= 0.6 is 0 Å². The van der Waals surface area contributed by atoms with Gasteiger partial charge in [-0.3, -0.25) is 4.99 Å². The lowest BCUT2D eigenvalue weighted by Gasteiger charge is -2.01. The molecule has 64 valence electrons. The number of nitrogens with zero attached hydrogens (tertiary/aromatic N) is 1. The van der Waals surface area contributed by atoms with Crippen LogP contribution in [0.5, 0.6) is 0 Å². The molecule has 0 aromatic carbocycles. The van der Waals surface area contributed by atoms with Crippen molar-refractivity contribution in [2.45, 2.75) is 13.8 Å². The van der Waals surface area contributed by atoms with Gasteiger partial charge in [-0.2, -0.15) is 0 Å². The summed E-state index contributed by atoms with van der Waals surface area (Å²) in [6.07, 6.45) is 1.50. The fourth-order valence-electron chi connectivity index (χ4n) is 0.398. The van der Waals surface area contributed by atoms with Gasteiger partial charge in [-0.25, -0.2) is 0 Å². The highest BCUT2D eigenvalue weighted by Crippen LogP contribution is 1.79. The fraction of sp³-hybridized carbons (Fsp3) is 0.375. The Hall–Kier alpha value is -1.25. The van der Waals surface area contributed by atoms with Crippen LogP contribution in [0.25, 0.3) is 0 Å². The average Bonchev–Trinajstić information content (AvgIpc) is 2.03. The molecule has 0 saturated heterocycles. The summed E-state index contributed by atoms with van der Waals surface area (Å²) >= 11 is 0. The third kappa shape index (κ3) is 6.64. The molecule has 11 heavy (non-hydrogen) atoms. The van der Waals surface area contributed by atoms with Crippen LogP contribution in [0.1, 0.15) is 13.8 Å². The van der Waals surface area contributed by atoms with Crippen LogP contribution in [0.4, 0.5) is 0 Å². The van der Waals surface area contributed by atoms with E-state index in [0.717, 1.165) is 0 Å². The van der Waals surface area contributed by atoms with Crippen molar-refractivity contribution in [2.24, 2.45) is 10.7 Å². The minimum absolute atomic E-state index is 0.414. The van der Waals surface area contributed by atoms with Crippen molar-refractivity contribution in [2.75, 3.05) is 7.05 Å². The van der Waals surface area contributed by atoms with E-state index in [1.165, 1.54) is 6.20 Å². The van der Waals surface area contributed by atoms with E-state index in [9.17, 15) is 0 Å². The highest BCUT2D eigenvalue weighted by atomic mass is 15.0. The van der Waals surface area contributed by atoms with Gasteiger partial charge in [0, 0.05) is 7.05 Å². The van der Waals surface area contributed by atoms with Gasteiger partial charge in [0.25, 0.3) is 0 Å². The lowest BCUT2D eigenvalue weighted by molar-refractivity contribution is 1.21. The maximum absolute atomic E-state index is 5.30. The summed E-state index contributed by atoms with van der Waals surface area (Å²) in [4.78, 5) is 3.79. The number of nitrogens with two attached hydrogens (primary N) is 1. The van der Waals surface area contributed by atoms with Crippen molar-refractivity contribution >= 4 is 5.84 Å². The fourth-order valence-corrected chi connectivity index (χ4v) is 0.398. The van der Waals surface area contributed by atoms with Gasteiger partial charge in [0.1, 0.15) is 5.84 Å². The summed E-state index contributed by atoms with van der Waals surface area (Å²) in [7, 11) is 1.63. The summed E-state index contributed by atoms with van der Waals surface area (Å²) in [5.41, 5.74) is 5.71. The first-order valence-electron chi connectivity index (χ1n) is 3.51. The Balaban J connectivity index is 0. The molecule has 0 radical (unpaired) electrons. The Morgan fingerprint density at radius 2 is 2.00 bits per heavy atom. The minimum atomic E-state index is 0.414. The molecular weight excluding hydrogens is 138 g/mol. The van der Waals surface area contributed by atoms with Crippen molar-refractivity contribution in [3.8, 4) is 0 Å². The molecule has 0 atom stereocenters. The van der Waals surface area contributed by atoms with E-state index in [4.69, 9.17) is 5.73 Å². The molecule has 0 aromatic rings. The van der Waals surface area contributed by atoms with Crippen LogP contribution < -0.4 is 11.1 Å². The molecule has 0 saturated carbocycles. The summed E-state index contributed by atoms with van der Waals surface area (Å²) in [5.74, 6) is 0.560. The van der Waals surface area contributed by atoms with Gasteiger partial charge in [-0.15, -0.1) is 0 Å². The molecule has 3 N–H and O–H groups in total. The average molecular weight is 155 g/mol. The Labute approximate surface area is 68.7 Å². The summed E-state index contributed by atoms with van der Waals surface area (Å²) in [6, 6.07) is 0. The van der Waals surface area contributed by atoms with E-state index >= 15 is 0 Å². The molecule has 0 amide bonds. The first-order chi connectivity index (χ1) is 5.22. The van der Waals surface area contributed by atoms with Crippen LogP contribution in [0.2, 0.25) is 0 Å². The first kappa shape index (κ1) is 12.4. The molecular formula is C8H17N3. The topological polar surface area (TPSA) is 50.4 Å². The molecule has 0 aliphatic rings. The van der Waals surface area contributed by atoms with E-state index < -0.39 is 0 Å². The van der Waals surface area contributed by atoms with E-state index in [1.807, 2.05) is 13.8 Å². The molecule has 0 aliphatic heterocycles. The smallest absolute Gasteiger partial charge is 0.147 e. The molecule has 0 aromatic heterocycles. The minimum Gasteiger partial charge on any atom is -0.396 e. The number of rotatable bonds is 2. The predicted molar refractivity (Wildman–Crippen MR) is 51.4 cm³/mol. The highest BCUT2D eigenvalue weighted by Gasteiger charge is 1.92. The molecule has 3 heteroatoms. The third-order valence-electron chi connectivity index (χ3n) is 0.767. The summed E-state index contributed by atoms with van der Waals surface area (Å²) < 4.78 is 0. The quantitative estimate of drug-likeness (QED) is 0.465. The second kappa shape index (κ2) is 8.75.